The summed E-state index contributed by atoms with van der Waals surface area (Å²) < 4.78 is 20.6. The molecular weight excluding hydrogens is 260 g/mol. The van der Waals surface area contributed by atoms with Crippen molar-refractivity contribution >= 4 is 5.97 Å². The van der Waals surface area contributed by atoms with Gasteiger partial charge in [-0.15, -0.1) is 0 Å². The smallest absolute Gasteiger partial charge is 0.335 e. The molecule has 0 saturated heterocycles. The van der Waals surface area contributed by atoms with Crippen LogP contribution in [0, 0.1) is 0 Å². The van der Waals surface area contributed by atoms with Gasteiger partial charge in [0, 0.05) is 20.1 Å². The zero-order chi connectivity index (χ0) is 15.0. The van der Waals surface area contributed by atoms with Gasteiger partial charge in [0.2, 0.25) is 0 Å². The Kier molecular flexibility index (Phi) is 7.04. The second-order valence-corrected chi connectivity index (χ2v) is 4.24. The van der Waals surface area contributed by atoms with Gasteiger partial charge in [0.05, 0.1) is 7.11 Å². The summed E-state index contributed by atoms with van der Waals surface area (Å²) in [6.07, 6.45) is -0.401. The highest BCUT2D eigenvalue weighted by atomic mass is 16.7. The molecule has 1 rings (SSSR count). The van der Waals surface area contributed by atoms with E-state index in [1.807, 2.05) is 38.1 Å². The topological polar surface area (TPSA) is 54.0 Å². The molecule has 1 aromatic rings. The van der Waals surface area contributed by atoms with Crippen molar-refractivity contribution in [1.82, 2.24) is 0 Å². The van der Waals surface area contributed by atoms with Gasteiger partial charge in [0.15, 0.2) is 12.4 Å². The Bertz CT molecular complexity index is 401. The Hall–Kier alpha value is -1.59. The maximum Gasteiger partial charge on any atom is 0.335 e. The Morgan fingerprint density at radius 2 is 1.85 bits per heavy atom. The van der Waals surface area contributed by atoms with Crippen LogP contribution in [0.15, 0.2) is 24.3 Å². The maximum atomic E-state index is 11.6. The molecule has 2 unspecified atom stereocenters. The van der Waals surface area contributed by atoms with Crippen LogP contribution in [0.4, 0.5) is 0 Å². The molecule has 0 aliphatic carbocycles. The Balaban J connectivity index is 2.65. The summed E-state index contributed by atoms with van der Waals surface area (Å²) in [4.78, 5) is 11.6. The molecule has 0 fully saturated rings. The van der Waals surface area contributed by atoms with Crippen molar-refractivity contribution in [2.75, 3.05) is 20.8 Å². The van der Waals surface area contributed by atoms with Crippen LogP contribution in [0.1, 0.15) is 19.4 Å². The minimum atomic E-state index is -0.574. The number of esters is 1. The van der Waals surface area contributed by atoms with Crippen LogP contribution in [0.2, 0.25) is 0 Å². The number of carbonyl (C=O) groups excluding carboxylic acids is 1. The van der Waals surface area contributed by atoms with E-state index in [-0.39, 0.29) is 12.3 Å². The van der Waals surface area contributed by atoms with Gasteiger partial charge < -0.3 is 18.9 Å². The maximum absolute atomic E-state index is 11.6. The first-order chi connectivity index (χ1) is 9.60. The number of ether oxygens (including phenoxy) is 4. The van der Waals surface area contributed by atoms with E-state index in [0.717, 1.165) is 5.56 Å². The first-order valence-electron chi connectivity index (χ1n) is 6.58. The first kappa shape index (κ1) is 16.5. The van der Waals surface area contributed by atoms with E-state index in [1.54, 1.807) is 7.11 Å². The minimum absolute atomic E-state index is 0.299. The summed E-state index contributed by atoms with van der Waals surface area (Å²) in [5.41, 5.74) is 0.978. The molecule has 20 heavy (non-hydrogen) atoms. The standard InChI is InChI=1S/C15H22O5/c1-5-19-14(15(16)18-4)10-12-6-8-13(9-7-12)20-11(2)17-3/h6-9,11,14H,5,10H2,1-4H3. The highest BCUT2D eigenvalue weighted by Gasteiger charge is 2.19. The third-order valence-corrected chi connectivity index (χ3v) is 2.81. The fourth-order valence-corrected chi connectivity index (χ4v) is 1.70. The van der Waals surface area contributed by atoms with E-state index in [2.05, 4.69) is 0 Å². The van der Waals surface area contributed by atoms with Crippen molar-refractivity contribution in [3.8, 4) is 5.75 Å². The molecule has 0 saturated carbocycles. The predicted octanol–water partition coefficient (Wildman–Crippen LogP) is 2.18. The molecular formula is C15H22O5. The summed E-state index contributed by atoms with van der Waals surface area (Å²) in [5, 5.41) is 0. The number of benzene rings is 1. The predicted molar refractivity (Wildman–Crippen MR) is 74.7 cm³/mol. The van der Waals surface area contributed by atoms with Crippen molar-refractivity contribution < 1.29 is 23.7 Å². The van der Waals surface area contributed by atoms with Crippen LogP contribution in [-0.2, 0) is 25.4 Å². The van der Waals surface area contributed by atoms with Gasteiger partial charge >= 0.3 is 5.97 Å². The normalized spacial score (nSPS) is 13.6. The fourth-order valence-electron chi connectivity index (χ4n) is 1.70. The Labute approximate surface area is 119 Å². The van der Waals surface area contributed by atoms with Gasteiger partial charge in [0.25, 0.3) is 0 Å². The van der Waals surface area contributed by atoms with Crippen LogP contribution in [-0.4, -0.2) is 39.2 Å². The Morgan fingerprint density at radius 3 is 2.35 bits per heavy atom. The van der Waals surface area contributed by atoms with E-state index < -0.39 is 6.10 Å². The van der Waals surface area contributed by atoms with Gasteiger partial charge in [-0.2, -0.15) is 0 Å². The highest BCUT2D eigenvalue weighted by Crippen LogP contribution is 2.16. The van der Waals surface area contributed by atoms with E-state index in [9.17, 15) is 4.79 Å². The molecule has 1 aromatic carbocycles. The van der Waals surface area contributed by atoms with Crippen LogP contribution in [0.5, 0.6) is 5.75 Å². The number of hydrogen-bond acceptors (Lipinski definition) is 5. The van der Waals surface area contributed by atoms with Crippen LogP contribution >= 0.6 is 0 Å². The van der Waals surface area contributed by atoms with E-state index >= 15 is 0 Å². The molecule has 0 radical (unpaired) electrons. The zero-order valence-corrected chi connectivity index (χ0v) is 12.4. The number of rotatable bonds is 8. The van der Waals surface area contributed by atoms with Gasteiger partial charge in [0.1, 0.15) is 5.75 Å². The molecule has 0 aliphatic rings. The first-order valence-corrected chi connectivity index (χ1v) is 6.58. The monoisotopic (exact) mass is 282 g/mol. The second-order valence-electron chi connectivity index (χ2n) is 4.24. The SMILES string of the molecule is CCOC(Cc1ccc(OC(C)OC)cc1)C(=O)OC. The molecule has 2 atom stereocenters. The number of methoxy groups -OCH3 is 2. The Morgan fingerprint density at radius 1 is 1.20 bits per heavy atom. The lowest BCUT2D eigenvalue weighted by Gasteiger charge is -2.15. The van der Waals surface area contributed by atoms with Crippen molar-refractivity contribution in [2.24, 2.45) is 0 Å². The molecule has 0 bridgehead atoms. The van der Waals surface area contributed by atoms with E-state index in [0.29, 0.717) is 18.8 Å². The van der Waals surface area contributed by atoms with Gasteiger partial charge in [-0.25, -0.2) is 4.79 Å². The molecule has 0 aliphatic heterocycles. The summed E-state index contributed by atoms with van der Waals surface area (Å²) in [5.74, 6) is 0.356. The van der Waals surface area contributed by atoms with Crippen molar-refractivity contribution in [1.29, 1.82) is 0 Å². The van der Waals surface area contributed by atoms with Crippen molar-refractivity contribution in [2.45, 2.75) is 32.7 Å². The summed E-state index contributed by atoms with van der Waals surface area (Å²) in [6, 6.07) is 7.47. The van der Waals surface area contributed by atoms with Gasteiger partial charge in [-0.1, -0.05) is 12.1 Å². The fraction of sp³-hybridized carbons (Fsp3) is 0.533. The van der Waals surface area contributed by atoms with E-state index in [4.69, 9.17) is 18.9 Å². The minimum Gasteiger partial charge on any atom is -0.467 e. The molecule has 0 N–H and O–H groups in total. The summed E-state index contributed by atoms with van der Waals surface area (Å²) in [6.45, 7) is 4.13. The van der Waals surface area contributed by atoms with Crippen molar-refractivity contribution in [3.05, 3.63) is 29.8 Å². The zero-order valence-electron chi connectivity index (χ0n) is 12.4. The number of hydrogen-bond donors (Lipinski definition) is 0. The molecule has 5 nitrogen and oxygen atoms in total. The van der Waals surface area contributed by atoms with Crippen LogP contribution in [0.25, 0.3) is 0 Å². The lowest BCUT2D eigenvalue weighted by Crippen LogP contribution is -2.28. The van der Waals surface area contributed by atoms with E-state index in [1.165, 1.54) is 7.11 Å². The lowest BCUT2D eigenvalue weighted by atomic mass is 10.1. The molecule has 0 amide bonds. The molecule has 0 heterocycles. The molecule has 112 valence electrons. The molecule has 0 aromatic heterocycles. The number of carbonyl (C=O) groups is 1. The van der Waals surface area contributed by atoms with Gasteiger partial charge in [-0.05, 0) is 31.5 Å². The largest absolute Gasteiger partial charge is 0.467 e. The molecule has 0 spiro atoms. The average molecular weight is 282 g/mol. The second kappa shape index (κ2) is 8.55. The quantitative estimate of drug-likeness (QED) is 0.540. The average Bonchev–Trinajstić information content (AvgIpc) is 2.47. The van der Waals surface area contributed by atoms with Gasteiger partial charge in [-0.3, -0.25) is 0 Å². The third-order valence-electron chi connectivity index (χ3n) is 2.81. The highest BCUT2D eigenvalue weighted by molar-refractivity contribution is 5.74. The third kappa shape index (κ3) is 5.19. The molecule has 5 heteroatoms. The van der Waals surface area contributed by atoms with Crippen LogP contribution < -0.4 is 4.74 Å². The van der Waals surface area contributed by atoms with Crippen molar-refractivity contribution in [3.63, 3.8) is 0 Å². The summed E-state index contributed by atoms with van der Waals surface area (Å²) >= 11 is 0. The lowest BCUT2D eigenvalue weighted by molar-refractivity contribution is -0.153. The summed E-state index contributed by atoms with van der Waals surface area (Å²) in [7, 11) is 2.94. The van der Waals surface area contributed by atoms with Crippen LogP contribution in [0.3, 0.4) is 0 Å².